The number of halogens is 1. The van der Waals surface area contributed by atoms with Crippen LogP contribution in [0, 0.1) is 11.7 Å². The van der Waals surface area contributed by atoms with E-state index in [4.69, 9.17) is 0 Å². The van der Waals surface area contributed by atoms with Crippen molar-refractivity contribution in [3.05, 3.63) is 46.8 Å². The number of allylic oxidation sites excluding steroid dienone is 1. The molecule has 3 aliphatic rings. The lowest BCUT2D eigenvalue weighted by atomic mass is 9.82. The third-order valence-corrected chi connectivity index (χ3v) is 8.72. The molecule has 5 atom stereocenters. The lowest BCUT2D eigenvalue weighted by molar-refractivity contribution is -0.127. The van der Waals surface area contributed by atoms with E-state index in [9.17, 15) is 19.1 Å². The van der Waals surface area contributed by atoms with E-state index in [1.807, 2.05) is 12.3 Å². The van der Waals surface area contributed by atoms with Crippen LogP contribution in [0.25, 0.3) is 0 Å². The SMILES string of the molecule is CN[C@@H](C)C(=O)N[C@@H](C1CCCCC1)C(O)N1CCC[C@H]1C1NC(C(=O)c2ccc(F)cc2)=CS1. The maximum atomic E-state index is 13.3. The maximum absolute atomic E-state index is 13.3. The molecule has 7 nitrogen and oxygen atoms in total. The first-order valence-electron chi connectivity index (χ1n) is 12.7. The largest absolute Gasteiger partial charge is 0.376 e. The molecule has 1 saturated heterocycles. The molecule has 1 aromatic rings. The second-order valence-corrected chi connectivity index (χ2v) is 10.9. The number of likely N-dealkylation sites (N-methyl/N-ethyl adjacent to an activating group) is 1. The number of nitrogens with one attached hydrogen (secondary N) is 3. The Morgan fingerprint density at radius 3 is 2.54 bits per heavy atom. The predicted octanol–water partition coefficient (Wildman–Crippen LogP) is 2.97. The Bertz CT molecular complexity index is 922. The van der Waals surface area contributed by atoms with Crippen LogP contribution in [0.4, 0.5) is 4.39 Å². The molecule has 2 fully saturated rings. The number of thioether (sulfide) groups is 1. The van der Waals surface area contributed by atoms with Crippen molar-refractivity contribution in [2.24, 2.45) is 5.92 Å². The number of amides is 1. The number of aliphatic hydroxyl groups is 1. The number of carbonyl (C=O) groups excluding carboxylic acids is 2. The second kappa shape index (κ2) is 11.9. The molecule has 0 spiro atoms. The van der Waals surface area contributed by atoms with Crippen molar-refractivity contribution >= 4 is 23.5 Å². The standard InChI is InChI=1S/C26H37FN4O3S/c1-16(28-2)24(33)30-22(17-7-4-3-5-8-17)26(34)31-14-6-9-21(31)25-29-20(15-35-25)23(32)18-10-12-19(27)13-11-18/h10-13,15-17,21-22,25-26,28-29,34H,3-9,14H2,1-2H3,(H,30,33)/t16-,21-,22-,25?,26?/m0/s1. The molecule has 4 rings (SSSR count). The highest BCUT2D eigenvalue weighted by Gasteiger charge is 2.43. The first-order chi connectivity index (χ1) is 16.9. The minimum Gasteiger partial charge on any atom is -0.376 e. The Morgan fingerprint density at radius 1 is 1.14 bits per heavy atom. The van der Waals surface area contributed by atoms with Crippen molar-refractivity contribution in [2.75, 3.05) is 13.6 Å². The van der Waals surface area contributed by atoms with E-state index in [-0.39, 0.29) is 46.9 Å². The minimum absolute atomic E-state index is 0.0227. The summed E-state index contributed by atoms with van der Waals surface area (Å²) in [7, 11) is 1.76. The zero-order valence-electron chi connectivity index (χ0n) is 20.5. The average molecular weight is 505 g/mol. The Hall–Kier alpha value is -1.94. The van der Waals surface area contributed by atoms with Gasteiger partial charge in [-0.1, -0.05) is 19.3 Å². The molecular formula is C26H37FN4O3S. The summed E-state index contributed by atoms with van der Waals surface area (Å²) >= 11 is 1.55. The summed E-state index contributed by atoms with van der Waals surface area (Å²) in [6.07, 6.45) is 6.49. The van der Waals surface area contributed by atoms with Gasteiger partial charge in [0, 0.05) is 23.6 Å². The summed E-state index contributed by atoms with van der Waals surface area (Å²) in [4.78, 5) is 27.8. The van der Waals surface area contributed by atoms with Gasteiger partial charge in [0.15, 0.2) is 0 Å². The molecule has 1 amide bonds. The lowest BCUT2D eigenvalue weighted by Crippen LogP contribution is -2.60. The highest BCUT2D eigenvalue weighted by Crippen LogP contribution is 2.36. The summed E-state index contributed by atoms with van der Waals surface area (Å²) in [5.74, 6) is -0.397. The first kappa shape index (κ1) is 26.1. The summed E-state index contributed by atoms with van der Waals surface area (Å²) in [5.41, 5.74) is 0.932. The highest BCUT2D eigenvalue weighted by atomic mass is 32.2. The quantitative estimate of drug-likeness (QED) is 0.384. The molecule has 0 bridgehead atoms. The Kier molecular flexibility index (Phi) is 8.86. The predicted molar refractivity (Wildman–Crippen MR) is 136 cm³/mol. The average Bonchev–Trinajstić information content (AvgIpc) is 3.56. The van der Waals surface area contributed by atoms with Gasteiger partial charge in [0.05, 0.1) is 23.2 Å². The number of hydrogen-bond donors (Lipinski definition) is 4. The number of Topliss-reactive ketones (excluding diaryl/α,β-unsaturated/α-hetero) is 1. The van der Waals surface area contributed by atoms with E-state index >= 15 is 0 Å². The van der Waals surface area contributed by atoms with Gasteiger partial charge in [0.1, 0.15) is 12.0 Å². The fourth-order valence-corrected chi connectivity index (χ4v) is 6.58. The molecule has 2 aliphatic heterocycles. The number of ketones is 1. The molecule has 1 aromatic carbocycles. The van der Waals surface area contributed by atoms with Crippen LogP contribution in [0.5, 0.6) is 0 Å². The van der Waals surface area contributed by atoms with E-state index in [0.717, 1.165) is 45.1 Å². The smallest absolute Gasteiger partial charge is 0.237 e. The molecule has 0 radical (unpaired) electrons. The van der Waals surface area contributed by atoms with Crippen LogP contribution in [0.2, 0.25) is 0 Å². The molecular weight excluding hydrogens is 467 g/mol. The highest BCUT2D eigenvalue weighted by molar-refractivity contribution is 8.03. The maximum Gasteiger partial charge on any atom is 0.237 e. The second-order valence-electron chi connectivity index (χ2n) is 9.87. The van der Waals surface area contributed by atoms with E-state index < -0.39 is 6.23 Å². The van der Waals surface area contributed by atoms with E-state index in [1.165, 1.54) is 30.7 Å². The monoisotopic (exact) mass is 504 g/mol. The van der Waals surface area contributed by atoms with Gasteiger partial charge in [-0.05, 0) is 69.8 Å². The number of aliphatic hydroxyl groups excluding tert-OH is 1. The van der Waals surface area contributed by atoms with E-state index in [1.54, 1.807) is 18.8 Å². The van der Waals surface area contributed by atoms with Gasteiger partial charge >= 0.3 is 0 Å². The number of likely N-dealkylation sites (tertiary alicyclic amines) is 1. The van der Waals surface area contributed by atoms with Gasteiger partial charge in [-0.15, -0.1) is 11.8 Å². The third kappa shape index (κ3) is 6.07. The van der Waals surface area contributed by atoms with Gasteiger partial charge in [-0.25, -0.2) is 4.39 Å². The summed E-state index contributed by atoms with van der Waals surface area (Å²) < 4.78 is 13.3. The summed E-state index contributed by atoms with van der Waals surface area (Å²) in [6.45, 7) is 2.56. The van der Waals surface area contributed by atoms with Crippen LogP contribution in [0.1, 0.15) is 62.2 Å². The molecule has 0 aromatic heterocycles. The normalized spacial score (nSPS) is 26.0. The van der Waals surface area contributed by atoms with Gasteiger partial charge < -0.3 is 21.1 Å². The fourth-order valence-electron chi connectivity index (χ4n) is 5.45. The fraction of sp³-hybridized carbons (Fsp3) is 0.615. The minimum atomic E-state index is -0.794. The summed E-state index contributed by atoms with van der Waals surface area (Å²) in [5, 5.41) is 22.9. The molecule has 35 heavy (non-hydrogen) atoms. The van der Waals surface area contributed by atoms with Crippen LogP contribution in [-0.4, -0.2) is 65.0 Å². The molecule has 4 N–H and O–H groups in total. The zero-order chi connectivity index (χ0) is 24.9. The van der Waals surface area contributed by atoms with Crippen LogP contribution < -0.4 is 16.0 Å². The van der Waals surface area contributed by atoms with Crippen LogP contribution in [0.3, 0.4) is 0 Å². The number of hydrogen-bond acceptors (Lipinski definition) is 7. The molecule has 192 valence electrons. The van der Waals surface area contributed by atoms with Gasteiger partial charge in [-0.3, -0.25) is 14.5 Å². The van der Waals surface area contributed by atoms with E-state index in [0.29, 0.717) is 11.3 Å². The van der Waals surface area contributed by atoms with Crippen molar-refractivity contribution in [2.45, 2.75) is 81.6 Å². The van der Waals surface area contributed by atoms with Crippen LogP contribution >= 0.6 is 11.8 Å². The first-order valence-corrected chi connectivity index (χ1v) is 13.7. The molecule has 1 aliphatic carbocycles. The Balaban J connectivity index is 1.44. The molecule has 2 unspecified atom stereocenters. The van der Waals surface area contributed by atoms with Crippen LogP contribution in [0.15, 0.2) is 35.4 Å². The molecule has 9 heteroatoms. The van der Waals surface area contributed by atoms with Crippen molar-refractivity contribution < 1.29 is 19.1 Å². The molecule has 2 heterocycles. The van der Waals surface area contributed by atoms with Crippen LogP contribution in [-0.2, 0) is 4.79 Å². The van der Waals surface area contributed by atoms with Crippen molar-refractivity contribution in [1.29, 1.82) is 0 Å². The number of rotatable bonds is 9. The summed E-state index contributed by atoms with van der Waals surface area (Å²) in [6, 6.07) is 4.92. The third-order valence-electron chi connectivity index (χ3n) is 7.63. The van der Waals surface area contributed by atoms with Gasteiger partial charge in [0.25, 0.3) is 0 Å². The topological polar surface area (TPSA) is 93.7 Å². The Morgan fingerprint density at radius 2 is 1.86 bits per heavy atom. The number of nitrogens with zero attached hydrogens (tertiary/aromatic N) is 1. The van der Waals surface area contributed by atoms with Crippen molar-refractivity contribution in [3.63, 3.8) is 0 Å². The lowest BCUT2D eigenvalue weighted by Gasteiger charge is -2.41. The number of carbonyl (C=O) groups is 2. The van der Waals surface area contributed by atoms with Gasteiger partial charge in [0.2, 0.25) is 11.7 Å². The van der Waals surface area contributed by atoms with Gasteiger partial charge in [-0.2, -0.15) is 0 Å². The van der Waals surface area contributed by atoms with Crippen molar-refractivity contribution in [3.8, 4) is 0 Å². The number of benzene rings is 1. The van der Waals surface area contributed by atoms with E-state index in [2.05, 4.69) is 20.9 Å². The van der Waals surface area contributed by atoms with Crippen molar-refractivity contribution in [1.82, 2.24) is 20.9 Å². The zero-order valence-corrected chi connectivity index (χ0v) is 21.3. The molecule has 1 saturated carbocycles. The Labute approximate surface area is 211 Å².